The topological polar surface area (TPSA) is 133 Å². The molecule has 3 aromatic heterocycles. The van der Waals surface area contributed by atoms with Crippen LogP contribution >= 0.6 is 0 Å². The Labute approximate surface area is 164 Å². The van der Waals surface area contributed by atoms with Gasteiger partial charge in [0.25, 0.3) is 11.9 Å². The number of amides is 2. The molecule has 5 rings (SSSR count). The predicted octanol–water partition coefficient (Wildman–Crippen LogP) is 1.81. The summed E-state index contributed by atoms with van der Waals surface area (Å²) in [6, 6.07) is 8.88. The van der Waals surface area contributed by atoms with Crippen LogP contribution in [-0.4, -0.2) is 43.7 Å². The Morgan fingerprint density at radius 2 is 2.00 bits per heavy atom. The third-order valence-electron chi connectivity index (χ3n) is 5.30. The molecule has 9 heteroatoms. The first kappa shape index (κ1) is 17.2. The number of nitrogens with zero attached hydrogens (tertiary/aromatic N) is 4. The van der Waals surface area contributed by atoms with Crippen molar-refractivity contribution in [3.63, 3.8) is 0 Å². The highest BCUT2D eigenvalue weighted by Crippen LogP contribution is 2.27. The second-order valence-corrected chi connectivity index (χ2v) is 7.08. The monoisotopic (exact) mass is 390 g/mol. The first-order chi connectivity index (χ1) is 14.0. The molecule has 4 aromatic rings. The highest BCUT2D eigenvalue weighted by Gasteiger charge is 2.34. The van der Waals surface area contributed by atoms with Crippen LogP contribution in [0.4, 0.5) is 6.01 Å². The van der Waals surface area contributed by atoms with Crippen LogP contribution in [0.15, 0.2) is 47.1 Å². The molecule has 0 aliphatic carbocycles. The Hall–Kier alpha value is -3.88. The molecule has 1 aromatic carbocycles. The molecule has 1 aliphatic rings. The van der Waals surface area contributed by atoms with Gasteiger partial charge in [0.1, 0.15) is 22.9 Å². The number of carbonyl (C=O) groups is 2. The summed E-state index contributed by atoms with van der Waals surface area (Å²) in [4.78, 5) is 34.8. The number of pyridine rings is 1. The Balaban J connectivity index is 1.56. The minimum absolute atomic E-state index is 0.115. The summed E-state index contributed by atoms with van der Waals surface area (Å²) in [6.07, 6.45) is 4.71. The summed E-state index contributed by atoms with van der Waals surface area (Å²) >= 11 is 0. The molecule has 0 unspecified atom stereocenters. The van der Waals surface area contributed by atoms with Crippen LogP contribution in [0.3, 0.4) is 0 Å². The smallest absolute Gasteiger partial charge is 0.292 e. The number of carbonyl (C=O) groups excluding carboxylic acids is 2. The number of benzene rings is 1. The van der Waals surface area contributed by atoms with E-state index in [9.17, 15) is 9.59 Å². The maximum atomic E-state index is 13.1. The zero-order valence-electron chi connectivity index (χ0n) is 15.4. The summed E-state index contributed by atoms with van der Waals surface area (Å²) in [5, 5.41) is 0. The number of imidazole rings is 1. The number of nitrogens with two attached hydrogens (primary N) is 2. The van der Waals surface area contributed by atoms with E-state index in [0.29, 0.717) is 35.4 Å². The number of rotatable bonds is 3. The van der Waals surface area contributed by atoms with E-state index in [0.717, 1.165) is 17.5 Å². The number of hydrogen-bond donors (Lipinski definition) is 2. The molecule has 2 amide bonds. The van der Waals surface area contributed by atoms with Gasteiger partial charge in [0, 0.05) is 12.7 Å². The van der Waals surface area contributed by atoms with Crippen molar-refractivity contribution in [3.8, 4) is 11.1 Å². The predicted molar refractivity (Wildman–Crippen MR) is 106 cm³/mol. The average molecular weight is 390 g/mol. The Morgan fingerprint density at radius 3 is 2.83 bits per heavy atom. The maximum absolute atomic E-state index is 13.1. The molecule has 0 radical (unpaired) electrons. The van der Waals surface area contributed by atoms with Crippen LogP contribution in [0, 0.1) is 0 Å². The van der Waals surface area contributed by atoms with Gasteiger partial charge in [0.05, 0.1) is 6.20 Å². The fourth-order valence-electron chi connectivity index (χ4n) is 3.89. The second kappa shape index (κ2) is 6.33. The fraction of sp³-hybridized carbons (Fsp3) is 0.200. The molecule has 1 aliphatic heterocycles. The molecule has 1 atom stereocenters. The van der Waals surface area contributed by atoms with E-state index in [1.807, 2.05) is 30.5 Å². The lowest BCUT2D eigenvalue weighted by Gasteiger charge is -2.21. The highest BCUT2D eigenvalue weighted by atomic mass is 16.4. The van der Waals surface area contributed by atoms with Crippen LogP contribution in [0.25, 0.3) is 27.9 Å². The highest BCUT2D eigenvalue weighted by molar-refractivity contribution is 5.97. The van der Waals surface area contributed by atoms with Crippen molar-refractivity contribution in [3.05, 3.63) is 48.4 Å². The van der Waals surface area contributed by atoms with Gasteiger partial charge >= 0.3 is 0 Å². The molecule has 1 fully saturated rings. The molecule has 4 heterocycles. The van der Waals surface area contributed by atoms with Gasteiger partial charge in [-0.25, -0.2) is 4.98 Å². The van der Waals surface area contributed by atoms with Crippen LogP contribution in [-0.2, 0) is 4.79 Å². The number of oxazole rings is 1. The summed E-state index contributed by atoms with van der Waals surface area (Å²) in [7, 11) is 0. The lowest BCUT2D eigenvalue weighted by molar-refractivity contribution is -0.121. The van der Waals surface area contributed by atoms with Crippen LogP contribution < -0.4 is 11.5 Å². The van der Waals surface area contributed by atoms with Crippen molar-refractivity contribution in [2.75, 3.05) is 12.3 Å². The number of hydrogen-bond acceptors (Lipinski definition) is 6. The number of fused-ring (bicyclic) bond motifs is 2. The normalized spacial score (nSPS) is 16.7. The first-order valence-electron chi connectivity index (χ1n) is 9.25. The molecule has 0 spiro atoms. The third kappa shape index (κ3) is 2.78. The average Bonchev–Trinajstić information content (AvgIpc) is 3.43. The minimum Gasteiger partial charge on any atom is -0.424 e. The second-order valence-electron chi connectivity index (χ2n) is 7.08. The van der Waals surface area contributed by atoms with Crippen molar-refractivity contribution < 1.29 is 14.0 Å². The first-order valence-corrected chi connectivity index (χ1v) is 9.25. The molecule has 0 saturated carbocycles. The quantitative estimate of drug-likeness (QED) is 0.548. The Morgan fingerprint density at radius 1 is 1.17 bits per heavy atom. The summed E-state index contributed by atoms with van der Waals surface area (Å²) in [6.45, 7) is 0.504. The molecule has 1 saturated heterocycles. The standard InChI is InChI=1S/C20H18N6O3/c21-18(27)14-2-1-7-25(14)19(28)15-9-23-17-6-4-12(10-26(15)17)11-3-5-16-13(8-11)24-20(22)29-16/h3-6,8-10,14H,1-2,7H2,(H2,21,27)(H2,22,24)/t14-/m0/s1. The molecule has 146 valence electrons. The fourth-order valence-corrected chi connectivity index (χ4v) is 3.89. The van der Waals surface area contributed by atoms with Gasteiger partial charge in [-0.2, -0.15) is 4.98 Å². The molecule has 29 heavy (non-hydrogen) atoms. The Bertz CT molecular complexity index is 1270. The van der Waals surface area contributed by atoms with Crippen molar-refractivity contribution >= 4 is 34.6 Å². The SMILES string of the molecule is NC(=O)[C@@H]1CCCN1C(=O)c1cnc2ccc(-c3ccc4oc(N)nc4c3)cn12. The largest absolute Gasteiger partial charge is 0.424 e. The zero-order valence-corrected chi connectivity index (χ0v) is 15.4. The van der Waals surface area contributed by atoms with E-state index in [2.05, 4.69) is 9.97 Å². The van der Waals surface area contributed by atoms with E-state index >= 15 is 0 Å². The van der Waals surface area contributed by atoms with E-state index in [-0.39, 0.29) is 11.9 Å². The van der Waals surface area contributed by atoms with E-state index in [4.69, 9.17) is 15.9 Å². The van der Waals surface area contributed by atoms with Gasteiger partial charge in [-0.3, -0.25) is 14.0 Å². The molecular formula is C20H18N6O3. The van der Waals surface area contributed by atoms with Crippen LogP contribution in [0.1, 0.15) is 23.3 Å². The summed E-state index contributed by atoms with van der Waals surface area (Å²) < 4.78 is 7.05. The number of likely N-dealkylation sites (tertiary alicyclic amines) is 1. The number of primary amides is 1. The zero-order chi connectivity index (χ0) is 20.1. The van der Waals surface area contributed by atoms with E-state index in [1.54, 1.807) is 10.5 Å². The molecule has 4 N–H and O–H groups in total. The number of nitrogen functional groups attached to an aromatic ring is 1. The molecular weight excluding hydrogens is 372 g/mol. The van der Waals surface area contributed by atoms with Gasteiger partial charge < -0.3 is 20.8 Å². The van der Waals surface area contributed by atoms with Crippen molar-refractivity contribution in [2.24, 2.45) is 5.73 Å². The molecule has 9 nitrogen and oxygen atoms in total. The lowest BCUT2D eigenvalue weighted by Crippen LogP contribution is -2.44. The van der Waals surface area contributed by atoms with Crippen molar-refractivity contribution in [1.29, 1.82) is 0 Å². The number of anilines is 1. The van der Waals surface area contributed by atoms with Gasteiger partial charge in [0.15, 0.2) is 5.58 Å². The summed E-state index contributed by atoms with van der Waals surface area (Å²) in [5.41, 5.74) is 15.1. The van der Waals surface area contributed by atoms with Crippen LogP contribution in [0.2, 0.25) is 0 Å². The maximum Gasteiger partial charge on any atom is 0.292 e. The van der Waals surface area contributed by atoms with Gasteiger partial charge in [0.2, 0.25) is 5.91 Å². The van der Waals surface area contributed by atoms with E-state index < -0.39 is 11.9 Å². The number of aromatic nitrogens is 3. The van der Waals surface area contributed by atoms with Crippen molar-refractivity contribution in [2.45, 2.75) is 18.9 Å². The third-order valence-corrected chi connectivity index (χ3v) is 5.30. The summed E-state index contributed by atoms with van der Waals surface area (Å²) in [5.74, 6) is -0.735. The van der Waals surface area contributed by atoms with Gasteiger partial charge in [-0.1, -0.05) is 6.07 Å². The van der Waals surface area contributed by atoms with Crippen LogP contribution in [0.5, 0.6) is 0 Å². The van der Waals surface area contributed by atoms with Gasteiger partial charge in [-0.05, 0) is 48.2 Å². The Kier molecular flexibility index (Phi) is 3.76. The minimum atomic E-state index is -0.573. The molecule has 0 bridgehead atoms. The van der Waals surface area contributed by atoms with Gasteiger partial charge in [-0.15, -0.1) is 0 Å². The van der Waals surface area contributed by atoms with E-state index in [1.165, 1.54) is 11.1 Å². The van der Waals surface area contributed by atoms with Crippen molar-refractivity contribution in [1.82, 2.24) is 19.3 Å². The lowest BCUT2D eigenvalue weighted by atomic mass is 10.1.